The average Bonchev–Trinajstić information content (AvgIpc) is 3.01. The molecule has 0 atom stereocenters. The van der Waals surface area contributed by atoms with Crippen LogP contribution in [0.3, 0.4) is 0 Å². The van der Waals surface area contributed by atoms with Crippen LogP contribution in [0.2, 0.25) is 0 Å². The smallest absolute Gasteiger partial charge is 0.287 e. The second-order valence-corrected chi connectivity index (χ2v) is 4.92. The predicted molar refractivity (Wildman–Crippen MR) is 87.1 cm³/mol. The number of aliphatic imine (C=N–C) groups is 1. The molecule has 1 aromatic heterocycles. The molecule has 0 unspecified atom stereocenters. The number of rotatable bonds is 5. The van der Waals surface area contributed by atoms with Crippen LogP contribution in [0.25, 0.3) is 0 Å². The van der Waals surface area contributed by atoms with Crippen LogP contribution in [0.15, 0.2) is 46.0 Å². The topological polar surface area (TPSA) is 92.6 Å². The highest BCUT2D eigenvalue weighted by molar-refractivity contribution is 5.92. The Balaban J connectivity index is 1.78. The number of nitrogens with two attached hydrogens (primary N) is 1. The van der Waals surface area contributed by atoms with Gasteiger partial charge in [0.05, 0.1) is 12.8 Å². The van der Waals surface area contributed by atoms with E-state index in [2.05, 4.69) is 22.5 Å². The maximum Gasteiger partial charge on any atom is 0.287 e. The Morgan fingerprint density at radius 1 is 1.27 bits per heavy atom. The number of amides is 1. The third kappa shape index (κ3) is 4.37. The van der Waals surface area contributed by atoms with Crippen molar-refractivity contribution < 1.29 is 9.21 Å². The van der Waals surface area contributed by atoms with Gasteiger partial charge in [0.15, 0.2) is 11.7 Å². The average molecular weight is 300 g/mol. The molecular weight excluding hydrogens is 280 g/mol. The number of nitrogens with zero attached hydrogens (tertiary/aromatic N) is 1. The first kappa shape index (κ1) is 15.6. The fourth-order valence-electron chi connectivity index (χ4n) is 1.85. The highest BCUT2D eigenvalue weighted by Gasteiger charge is 2.06. The van der Waals surface area contributed by atoms with Crippen LogP contribution >= 0.6 is 0 Å². The van der Waals surface area contributed by atoms with Crippen molar-refractivity contribution in [2.24, 2.45) is 10.7 Å². The number of benzene rings is 1. The minimum atomic E-state index is -0.263. The zero-order valence-corrected chi connectivity index (χ0v) is 12.7. The minimum Gasteiger partial charge on any atom is -0.459 e. The molecule has 6 heteroatoms. The van der Waals surface area contributed by atoms with E-state index in [9.17, 15) is 4.79 Å². The highest BCUT2D eigenvalue weighted by atomic mass is 16.3. The lowest BCUT2D eigenvalue weighted by molar-refractivity contribution is 0.0927. The lowest BCUT2D eigenvalue weighted by Gasteiger charge is -2.08. The summed E-state index contributed by atoms with van der Waals surface area (Å²) in [5, 5.41) is 5.72. The maximum atomic E-state index is 11.6. The van der Waals surface area contributed by atoms with E-state index in [1.54, 1.807) is 12.1 Å². The molecule has 2 rings (SSSR count). The van der Waals surface area contributed by atoms with Gasteiger partial charge in [-0.05, 0) is 49.2 Å². The monoisotopic (exact) mass is 300 g/mol. The summed E-state index contributed by atoms with van der Waals surface area (Å²) in [5.41, 5.74) is 9.11. The van der Waals surface area contributed by atoms with E-state index in [1.807, 2.05) is 25.1 Å². The summed E-state index contributed by atoms with van der Waals surface area (Å²) >= 11 is 0. The molecule has 0 saturated heterocycles. The van der Waals surface area contributed by atoms with Crippen LogP contribution in [-0.4, -0.2) is 25.0 Å². The number of carbonyl (C=O) groups is 1. The van der Waals surface area contributed by atoms with Gasteiger partial charge < -0.3 is 20.8 Å². The number of hydrogen-bond acceptors (Lipinski definition) is 3. The summed E-state index contributed by atoms with van der Waals surface area (Å²) in [4.78, 5) is 15.8. The van der Waals surface area contributed by atoms with Crippen molar-refractivity contribution in [3.05, 3.63) is 53.5 Å². The van der Waals surface area contributed by atoms with E-state index < -0.39 is 0 Å². The number of anilines is 1. The van der Waals surface area contributed by atoms with Gasteiger partial charge in [0, 0.05) is 12.2 Å². The fourth-order valence-corrected chi connectivity index (χ4v) is 1.85. The summed E-state index contributed by atoms with van der Waals surface area (Å²) in [5.74, 6) is 0.335. The molecule has 0 aliphatic heterocycles. The first-order valence-corrected chi connectivity index (χ1v) is 7.02. The summed E-state index contributed by atoms with van der Waals surface area (Å²) in [6, 6.07) is 9.25. The molecule has 116 valence electrons. The lowest BCUT2D eigenvalue weighted by atomic mass is 10.1. The Hall–Kier alpha value is -2.76. The minimum absolute atomic E-state index is 0.263. The van der Waals surface area contributed by atoms with Gasteiger partial charge in [0.2, 0.25) is 0 Å². The molecular formula is C16H20N4O2. The number of hydrogen-bond donors (Lipinski definition) is 3. The standard InChI is InChI=1S/C16H20N4O2/c1-11-5-6-13(10-12(11)2)20-16(17)19-8-7-18-15(21)14-4-3-9-22-14/h3-6,9-10H,7-8H2,1-2H3,(H,18,21)(H3,17,19,20). The second kappa shape index (κ2) is 7.31. The largest absolute Gasteiger partial charge is 0.459 e. The third-order valence-electron chi connectivity index (χ3n) is 3.20. The van der Waals surface area contributed by atoms with Crippen molar-refractivity contribution in [2.75, 3.05) is 18.4 Å². The molecule has 0 aliphatic carbocycles. The maximum absolute atomic E-state index is 11.6. The van der Waals surface area contributed by atoms with Crippen LogP contribution in [0, 0.1) is 13.8 Å². The summed E-state index contributed by atoms with van der Waals surface area (Å²) in [7, 11) is 0. The van der Waals surface area contributed by atoms with Gasteiger partial charge in [-0.3, -0.25) is 9.79 Å². The summed E-state index contributed by atoms with van der Waals surface area (Å²) < 4.78 is 4.99. The van der Waals surface area contributed by atoms with Crippen LogP contribution in [0.1, 0.15) is 21.7 Å². The number of guanidine groups is 1. The molecule has 1 amide bonds. The van der Waals surface area contributed by atoms with Gasteiger partial charge in [-0.2, -0.15) is 0 Å². The van der Waals surface area contributed by atoms with Crippen molar-refractivity contribution >= 4 is 17.6 Å². The molecule has 4 N–H and O–H groups in total. The molecule has 6 nitrogen and oxygen atoms in total. The SMILES string of the molecule is Cc1ccc(NC(N)=NCCNC(=O)c2ccco2)cc1C. The van der Waals surface area contributed by atoms with Crippen molar-refractivity contribution in [2.45, 2.75) is 13.8 Å². The molecule has 0 bridgehead atoms. The second-order valence-electron chi connectivity index (χ2n) is 4.92. The number of carbonyl (C=O) groups excluding carboxylic acids is 1. The Kier molecular flexibility index (Phi) is 5.19. The van der Waals surface area contributed by atoms with Crippen LogP contribution in [0.5, 0.6) is 0 Å². The molecule has 0 aliphatic rings. The first-order chi connectivity index (χ1) is 10.6. The van der Waals surface area contributed by atoms with Gasteiger partial charge >= 0.3 is 0 Å². The van der Waals surface area contributed by atoms with Crippen molar-refractivity contribution in [1.82, 2.24) is 5.32 Å². The number of nitrogens with one attached hydrogen (secondary N) is 2. The van der Waals surface area contributed by atoms with Crippen molar-refractivity contribution in [1.29, 1.82) is 0 Å². The van der Waals surface area contributed by atoms with Gasteiger partial charge in [-0.1, -0.05) is 6.07 Å². The van der Waals surface area contributed by atoms with Crippen LogP contribution < -0.4 is 16.4 Å². The Bertz CT molecular complexity index is 663. The summed E-state index contributed by atoms with van der Waals surface area (Å²) in [6.07, 6.45) is 1.46. The van der Waals surface area contributed by atoms with Gasteiger partial charge in [-0.25, -0.2) is 0 Å². The Morgan fingerprint density at radius 3 is 2.77 bits per heavy atom. The van der Waals surface area contributed by atoms with E-state index in [1.165, 1.54) is 17.4 Å². The number of furan rings is 1. The van der Waals surface area contributed by atoms with Crippen molar-refractivity contribution in [3.8, 4) is 0 Å². The Morgan fingerprint density at radius 2 is 2.09 bits per heavy atom. The molecule has 1 aromatic carbocycles. The molecule has 1 heterocycles. The van der Waals surface area contributed by atoms with E-state index in [0.29, 0.717) is 19.0 Å². The molecule has 22 heavy (non-hydrogen) atoms. The van der Waals surface area contributed by atoms with E-state index in [0.717, 1.165) is 5.69 Å². The van der Waals surface area contributed by atoms with Crippen LogP contribution in [0.4, 0.5) is 5.69 Å². The Labute approximate surface area is 129 Å². The fraction of sp³-hybridized carbons (Fsp3) is 0.250. The molecule has 0 radical (unpaired) electrons. The summed E-state index contributed by atoms with van der Waals surface area (Å²) in [6.45, 7) is 4.86. The molecule has 2 aromatic rings. The van der Waals surface area contributed by atoms with E-state index in [-0.39, 0.29) is 11.7 Å². The van der Waals surface area contributed by atoms with Crippen molar-refractivity contribution in [3.63, 3.8) is 0 Å². The predicted octanol–water partition coefficient (Wildman–Crippen LogP) is 2.05. The van der Waals surface area contributed by atoms with E-state index >= 15 is 0 Å². The number of aryl methyl sites for hydroxylation is 2. The quantitative estimate of drug-likeness (QED) is 0.447. The molecule has 0 spiro atoms. The zero-order valence-electron chi connectivity index (χ0n) is 12.7. The lowest BCUT2D eigenvalue weighted by Crippen LogP contribution is -2.28. The molecule has 0 saturated carbocycles. The van der Waals surface area contributed by atoms with Gasteiger partial charge in [-0.15, -0.1) is 0 Å². The third-order valence-corrected chi connectivity index (χ3v) is 3.20. The van der Waals surface area contributed by atoms with Gasteiger partial charge in [0.1, 0.15) is 0 Å². The highest BCUT2D eigenvalue weighted by Crippen LogP contribution is 2.13. The molecule has 0 fully saturated rings. The zero-order chi connectivity index (χ0) is 15.9. The normalized spacial score (nSPS) is 11.3. The first-order valence-electron chi connectivity index (χ1n) is 7.02. The van der Waals surface area contributed by atoms with Crippen LogP contribution in [-0.2, 0) is 0 Å². The van der Waals surface area contributed by atoms with E-state index in [4.69, 9.17) is 10.2 Å². The van der Waals surface area contributed by atoms with Gasteiger partial charge in [0.25, 0.3) is 5.91 Å².